The average Bonchev–Trinajstić information content (AvgIpc) is 3.23. The zero-order valence-corrected chi connectivity index (χ0v) is 16.1. The standard InChI is InChI=1S/C20H32N4O/c1-16-5-7-17(8-6-16)18(23(3)4)13-22-19(21-2)24-11-9-20(14-24)10-12-25-15-20/h5-8,18H,9-15H2,1-4H3,(H,21,22). The highest BCUT2D eigenvalue weighted by atomic mass is 16.5. The number of benzene rings is 1. The summed E-state index contributed by atoms with van der Waals surface area (Å²) in [6, 6.07) is 9.15. The van der Waals surface area contributed by atoms with Crippen molar-refractivity contribution in [2.75, 3.05) is 54.0 Å². The normalized spacial score (nSPS) is 25.2. The molecule has 3 rings (SSSR count). The Bertz CT molecular complexity index is 590. The molecule has 0 aromatic heterocycles. The van der Waals surface area contributed by atoms with Crippen molar-refractivity contribution in [2.24, 2.45) is 10.4 Å². The van der Waals surface area contributed by atoms with Crippen molar-refractivity contribution in [1.82, 2.24) is 15.1 Å². The number of hydrogen-bond donors (Lipinski definition) is 1. The molecule has 0 amide bonds. The van der Waals surface area contributed by atoms with Crippen molar-refractivity contribution in [3.63, 3.8) is 0 Å². The second-order valence-electron chi connectivity index (χ2n) is 7.79. The molecule has 2 aliphatic rings. The van der Waals surface area contributed by atoms with Crippen LogP contribution in [0.2, 0.25) is 0 Å². The Balaban J connectivity index is 1.62. The molecule has 2 unspecified atom stereocenters. The van der Waals surface area contributed by atoms with E-state index >= 15 is 0 Å². The van der Waals surface area contributed by atoms with E-state index in [0.717, 1.165) is 38.8 Å². The van der Waals surface area contributed by atoms with Crippen molar-refractivity contribution < 1.29 is 4.74 Å². The van der Waals surface area contributed by atoms with Gasteiger partial charge in [0.25, 0.3) is 0 Å². The van der Waals surface area contributed by atoms with Crippen LogP contribution in [0.5, 0.6) is 0 Å². The number of aryl methyl sites for hydroxylation is 1. The van der Waals surface area contributed by atoms with Crippen molar-refractivity contribution in [3.05, 3.63) is 35.4 Å². The fourth-order valence-corrected chi connectivity index (χ4v) is 3.99. The molecule has 2 atom stereocenters. The largest absolute Gasteiger partial charge is 0.381 e. The van der Waals surface area contributed by atoms with E-state index in [9.17, 15) is 0 Å². The maximum Gasteiger partial charge on any atom is 0.193 e. The molecular weight excluding hydrogens is 312 g/mol. The van der Waals surface area contributed by atoms with Gasteiger partial charge in [-0.2, -0.15) is 0 Å². The lowest BCUT2D eigenvalue weighted by Crippen LogP contribution is -2.44. The Morgan fingerprint density at radius 1 is 1.32 bits per heavy atom. The molecule has 1 spiro atoms. The predicted molar refractivity (Wildman–Crippen MR) is 103 cm³/mol. The molecule has 5 nitrogen and oxygen atoms in total. The third-order valence-electron chi connectivity index (χ3n) is 5.67. The van der Waals surface area contributed by atoms with Crippen LogP contribution in [0.15, 0.2) is 29.3 Å². The average molecular weight is 345 g/mol. The van der Waals surface area contributed by atoms with E-state index in [1.165, 1.54) is 24.0 Å². The summed E-state index contributed by atoms with van der Waals surface area (Å²) in [5, 5.41) is 3.61. The van der Waals surface area contributed by atoms with Crippen LogP contribution in [-0.2, 0) is 4.74 Å². The Morgan fingerprint density at radius 3 is 2.68 bits per heavy atom. The SMILES string of the molecule is CN=C(NCC(c1ccc(C)cc1)N(C)C)N1CCC2(CCOC2)C1. The topological polar surface area (TPSA) is 40.1 Å². The highest BCUT2D eigenvalue weighted by Crippen LogP contribution is 2.38. The minimum atomic E-state index is 0.323. The van der Waals surface area contributed by atoms with Crippen molar-refractivity contribution >= 4 is 5.96 Å². The number of ether oxygens (including phenoxy) is 1. The van der Waals surface area contributed by atoms with Gasteiger partial charge in [-0.15, -0.1) is 0 Å². The van der Waals surface area contributed by atoms with E-state index in [-0.39, 0.29) is 0 Å². The summed E-state index contributed by atoms with van der Waals surface area (Å²) in [5.41, 5.74) is 2.99. The molecule has 0 radical (unpaired) electrons. The molecule has 2 saturated heterocycles. The summed E-state index contributed by atoms with van der Waals surface area (Å²) in [4.78, 5) is 9.20. The van der Waals surface area contributed by atoms with E-state index in [1.54, 1.807) is 0 Å². The quantitative estimate of drug-likeness (QED) is 0.672. The molecule has 0 aliphatic carbocycles. The molecular formula is C20H32N4O. The molecule has 2 aliphatic heterocycles. The lowest BCUT2D eigenvalue weighted by Gasteiger charge is -2.29. The second kappa shape index (κ2) is 7.75. The number of nitrogens with zero attached hydrogens (tertiary/aromatic N) is 3. The number of hydrogen-bond acceptors (Lipinski definition) is 3. The van der Waals surface area contributed by atoms with Crippen LogP contribution in [0, 0.1) is 12.3 Å². The van der Waals surface area contributed by atoms with Crippen LogP contribution >= 0.6 is 0 Å². The highest BCUT2D eigenvalue weighted by Gasteiger charge is 2.42. The van der Waals surface area contributed by atoms with Crippen molar-refractivity contribution in [1.29, 1.82) is 0 Å². The molecule has 5 heteroatoms. The summed E-state index contributed by atoms with van der Waals surface area (Å²) < 4.78 is 5.65. The number of likely N-dealkylation sites (N-methyl/N-ethyl adjacent to an activating group) is 1. The Kier molecular flexibility index (Phi) is 5.64. The minimum absolute atomic E-state index is 0.323. The van der Waals surface area contributed by atoms with Gasteiger partial charge in [-0.3, -0.25) is 4.99 Å². The highest BCUT2D eigenvalue weighted by molar-refractivity contribution is 5.80. The molecule has 25 heavy (non-hydrogen) atoms. The van der Waals surface area contributed by atoms with Crippen LogP contribution in [0.25, 0.3) is 0 Å². The minimum Gasteiger partial charge on any atom is -0.381 e. The van der Waals surface area contributed by atoms with Gasteiger partial charge in [0.2, 0.25) is 0 Å². The van der Waals surface area contributed by atoms with Gasteiger partial charge in [0, 0.05) is 38.7 Å². The molecule has 1 N–H and O–H groups in total. The smallest absolute Gasteiger partial charge is 0.193 e. The third-order valence-corrected chi connectivity index (χ3v) is 5.67. The fraction of sp³-hybridized carbons (Fsp3) is 0.650. The van der Waals surface area contributed by atoms with E-state index in [4.69, 9.17) is 4.74 Å². The molecule has 2 fully saturated rings. The molecule has 1 aromatic rings. The van der Waals surface area contributed by atoms with Gasteiger partial charge >= 0.3 is 0 Å². The van der Waals surface area contributed by atoms with Gasteiger partial charge in [-0.05, 0) is 39.4 Å². The molecule has 0 saturated carbocycles. The first-order chi connectivity index (χ1) is 12.0. The molecule has 1 aromatic carbocycles. The molecule has 0 bridgehead atoms. The summed E-state index contributed by atoms with van der Waals surface area (Å²) >= 11 is 0. The monoisotopic (exact) mass is 344 g/mol. The van der Waals surface area contributed by atoms with E-state index < -0.39 is 0 Å². The number of rotatable bonds is 4. The Morgan fingerprint density at radius 2 is 2.08 bits per heavy atom. The van der Waals surface area contributed by atoms with Crippen LogP contribution < -0.4 is 5.32 Å². The lowest BCUT2D eigenvalue weighted by molar-refractivity contribution is 0.156. The predicted octanol–water partition coefficient (Wildman–Crippen LogP) is 2.29. The number of aliphatic imine (C=N–C) groups is 1. The summed E-state index contributed by atoms with van der Waals surface area (Å²) in [6.45, 7) is 6.93. The lowest BCUT2D eigenvalue weighted by atomic mass is 9.87. The zero-order chi connectivity index (χ0) is 17.9. The summed E-state index contributed by atoms with van der Waals surface area (Å²) in [7, 11) is 6.15. The summed E-state index contributed by atoms with van der Waals surface area (Å²) in [5.74, 6) is 1.02. The first-order valence-electron chi connectivity index (χ1n) is 9.29. The van der Waals surface area contributed by atoms with E-state index in [2.05, 4.69) is 65.4 Å². The molecule has 138 valence electrons. The number of nitrogens with one attached hydrogen (secondary N) is 1. The third kappa shape index (κ3) is 4.15. The van der Waals surface area contributed by atoms with Gasteiger partial charge in [-0.1, -0.05) is 29.8 Å². The summed E-state index contributed by atoms with van der Waals surface area (Å²) in [6.07, 6.45) is 2.40. The van der Waals surface area contributed by atoms with Crippen LogP contribution in [0.1, 0.15) is 30.0 Å². The van der Waals surface area contributed by atoms with E-state index in [1.807, 2.05) is 7.05 Å². The fourth-order valence-electron chi connectivity index (χ4n) is 3.99. The van der Waals surface area contributed by atoms with Crippen LogP contribution in [-0.4, -0.2) is 69.8 Å². The van der Waals surface area contributed by atoms with Crippen molar-refractivity contribution in [2.45, 2.75) is 25.8 Å². The van der Waals surface area contributed by atoms with Gasteiger partial charge < -0.3 is 19.9 Å². The maximum atomic E-state index is 5.65. The Hall–Kier alpha value is -1.59. The van der Waals surface area contributed by atoms with Gasteiger partial charge in [0.1, 0.15) is 0 Å². The molecule has 2 heterocycles. The maximum absolute atomic E-state index is 5.65. The zero-order valence-electron chi connectivity index (χ0n) is 16.1. The second-order valence-corrected chi connectivity index (χ2v) is 7.79. The van der Waals surface area contributed by atoms with Gasteiger partial charge in [0.05, 0.1) is 12.6 Å². The first kappa shape index (κ1) is 18.2. The van der Waals surface area contributed by atoms with Crippen LogP contribution in [0.3, 0.4) is 0 Å². The van der Waals surface area contributed by atoms with E-state index in [0.29, 0.717) is 11.5 Å². The van der Waals surface area contributed by atoms with Crippen LogP contribution in [0.4, 0.5) is 0 Å². The van der Waals surface area contributed by atoms with Gasteiger partial charge in [0.15, 0.2) is 5.96 Å². The first-order valence-corrected chi connectivity index (χ1v) is 9.29. The number of likely N-dealkylation sites (tertiary alicyclic amines) is 1. The van der Waals surface area contributed by atoms with Gasteiger partial charge in [-0.25, -0.2) is 0 Å². The van der Waals surface area contributed by atoms with Crippen molar-refractivity contribution in [3.8, 4) is 0 Å². The number of guanidine groups is 1. The Labute approximate surface area is 152 Å².